The van der Waals surface area contributed by atoms with Crippen molar-refractivity contribution in [3.8, 4) is 0 Å². The van der Waals surface area contributed by atoms with Crippen molar-refractivity contribution in [2.45, 2.75) is 6.42 Å². The Bertz CT molecular complexity index is 701. The molecule has 1 amide bonds. The molecule has 0 bridgehead atoms. The van der Waals surface area contributed by atoms with E-state index >= 15 is 0 Å². The van der Waals surface area contributed by atoms with Crippen LogP contribution >= 0.6 is 11.6 Å². The van der Waals surface area contributed by atoms with Crippen molar-refractivity contribution in [2.24, 2.45) is 4.99 Å². The van der Waals surface area contributed by atoms with Crippen LogP contribution in [0.15, 0.2) is 59.6 Å². The predicted octanol–water partition coefficient (Wildman–Crippen LogP) is 4.06. The van der Waals surface area contributed by atoms with Crippen LogP contribution in [0.2, 0.25) is 5.02 Å². The van der Waals surface area contributed by atoms with E-state index in [4.69, 9.17) is 16.3 Å². The van der Waals surface area contributed by atoms with Crippen molar-refractivity contribution >= 4 is 29.2 Å². The molecule has 0 spiro atoms. The summed E-state index contributed by atoms with van der Waals surface area (Å²) in [5, 5.41) is 0.556. The van der Waals surface area contributed by atoms with Crippen LogP contribution in [0.1, 0.15) is 5.56 Å². The number of amides is 1. The minimum absolute atomic E-state index is 0.360. The molecule has 0 saturated carbocycles. The topological polar surface area (TPSA) is 41.9 Å². The Kier molecular flexibility index (Phi) is 4.39. The van der Waals surface area contributed by atoms with Gasteiger partial charge in [0.05, 0.1) is 17.3 Å². The highest BCUT2D eigenvalue weighted by Crippen LogP contribution is 2.25. The zero-order valence-corrected chi connectivity index (χ0v) is 12.7. The van der Waals surface area contributed by atoms with Gasteiger partial charge in [0.2, 0.25) is 0 Å². The summed E-state index contributed by atoms with van der Waals surface area (Å²) in [6.07, 6.45) is 0.183. The molecule has 1 saturated heterocycles. The van der Waals surface area contributed by atoms with Crippen molar-refractivity contribution in [3.05, 3.63) is 65.2 Å². The number of hydrogen-bond donors (Lipinski definition) is 0. The maximum Gasteiger partial charge on any atom is 0.415 e. The van der Waals surface area contributed by atoms with Gasteiger partial charge in [-0.05, 0) is 17.7 Å². The fraction of sp³-hybridized carbons (Fsp3) is 0.176. The summed E-state index contributed by atoms with van der Waals surface area (Å²) >= 11 is 6.17. The highest BCUT2D eigenvalue weighted by Gasteiger charge is 2.27. The normalized spacial score (nSPS) is 15.0. The number of carbonyl (C=O) groups is 1. The van der Waals surface area contributed by atoms with E-state index in [1.54, 1.807) is 11.0 Å². The number of para-hydroxylation sites is 1. The van der Waals surface area contributed by atoms with Crippen LogP contribution in [0.3, 0.4) is 0 Å². The monoisotopic (exact) mass is 314 g/mol. The first-order valence-electron chi connectivity index (χ1n) is 7.04. The van der Waals surface area contributed by atoms with Gasteiger partial charge in [0, 0.05) is 6.42 Å². The lowest BCUT2D eigenvalue weighted by Gasteiger charge is -2.16. The smallest absolute Gasteiger partial charge is 0.415 e. The number of aliphatic imine (C=N–C) groups is 1. The van der Waals surface area contributed by atoms with E-state index in [2.05, 4.69) is 4.99 Å². The first kappa shape index (κ1) is 14.6. The first-order chi connectivity index (χ1) is 10.7. The van der Waals surface area contributed by atoms with Gasteiger partial charge in [-0.2, -0.15) is 0 Å². The molecule has 5 heteroatoms. The van der Waals surface area contributed by atoms with Gasteiger partial charge in [-0.25, -0.2) is 9.79 Å². The molecule has 0 radical (unpaired) electrons. The maximum absolute atomic E-state index is 11.9. The maximum atomic E-state index is 11.9. The van der Waals surface area contributed by atoms with E-state index in [9.17, 15) is 4.79 Å². The third-order valence-corrected chi connectivity index (χ3v) is 3.70. The van der Waals surface area contributed by atoms with Crippen molar-refractivity contribution < 1.29 is 9.53 Å². The molecule has 0 aliphatic carbocycles. The van der Waals surface area contributed by atoms with Crippen molar-refractivity contribution in [2.75, 3.05) is 13.2 Å². The van der Waals surface area contributed by atoms with E-state index < -0.39 is 0 Å². The van der Waals surface area contributed by atoms with Gasteiger partial charge < -0.3 is 4.74 Å². The average molecular weight is 315 g/mol. The largest absolute Gasteiger partial charge is 0.447 e. The number of hydrogen-bond acceptors (Lipinski definition) is 3. The summed E-state index contributed by atoms with van der Waals surface area (Å²) < 4.78 is 5.03. The molecule has 1 fully saturated rings. The quantitative estimate of drug-likeness (QED) is 0.633. The zero-order chi connectivity index (χ0) is 15.4. The first-order valence-corrected chi connectivity index (χ1v) is 7.42. The molecule has 1 heterocycles. The molecule has 2 aromatic carbocycles. The highest BCUT2D eigenvalue weighted by atomic mass is 35.5. The van der Waals surface area contributed by atoms with E-state index in [0.29, 0.717) is 36.1 Å². The SMILES string of the molecule is O=C1OCCN1C(Cc1ccccc1)=Nc1ccccc1Cl. The summed E-state index contributed by atoms with van der Waals surface area (Å²) in [6.45, 7) is 0.893. The summed E-state index contributed by atoms with van der Waals surface area (Å²) in [4.78, 5) is 18.0. The molecule has 3 rings (SSSR count). The molecule has 112 valence electrons. The zero-order valence-electron chi connectivity index (χ0n) is 11.9. The lowest BCUT2D eigenvalue weighted by Crippen LogP contribution is -2.33. The third kappa shape index (κ3) is 3.28. The van der Waals surface area contributed by atoms with Crippen LogP contribution in [-0.4, -0.2) is 30.0 Å². The second kappa shape index (κ2) is 6.62. The van der Waals surface area contributed by atoms with Gasteiger partial charge in [-0.15, -0.1) is 0 Å². The highest BCUT2D eigenvalue weighted by molar-refractivity contribution is 6.33. The van der Waals surface area contributed by atoms with Crippen LogP contribution in [0.4, 0.5) is 10.5 Å². The Morgan fingerprint density at radius 1 is 1.14 bits per heavy atom. The second-order valence-electron chi connectivity index (χ2n) is 4.91. The Balaban J connectivity index is 1.95. The van der Waals surface area contributed by atoms with E-state index in [1.165, 1.54) is 0 Å². The van der Waals surface area contributed by atoms with Gasteiger partial charge in [-0.3, -0.25) is 4.90 Å². The fourth-order valence-electron chi connectivity index (χ4n) is 2.28. The predicted molar refractivity (Wildman–Crippen MR) is 86.7 cm³/mol. The second-order valence-corrected chi connectivity index (χ2v) is 5.32. The molecule has 1 aliphatic heterocycles. The standard InChI is InChI=1S/C17H15ClN2O2/c18-14-8-4-5-9-15(14)19-16(20-10-11-22-17(20)21)12-13-6-2-1-3-7-13/h1-9H,10-12H2. The Morgan fingerprint density at radius 3 is 2.55 bits per heavy atom. The lowest BCUT2D eigenvalue weighted by atomic mass is 10.1. The number of nitrogens with zero attached hydrogens (tertiary/aromatic N) is 2. The number of rotatable bonds is 3. The Hall–Kier alpha value is -2.33. The van der Waals surface area contributed by atoms with E-state index in [-0.39, 0.29) is 6.09 Å². The third-order valence-electron chi connectivity index (χ3n) is 3.38. The van der Waals surface area contributed by atoms with Gasteiger partial charge in [-0.1, -0.05) is 54.1 Å². The van der Waals surface area contributed by atoms with Crippen LogP contribution in [0.5, 0.6) is 0 Å². The van der Waals surface area contributed by atoms with Crippen LogP contribution in [-0.2, 0) is 11.2 Å². The van der Waals surface area contributed by atoms with Gasteiger partial charge in [0.1, 0.15) is 12.4 Å². The number of ether oxygens (including phenoxy) is 1. The van der Waals surface area contributed by atoms with E-state index in [1.807, 2.05) is 48.5 Å². The molecule has 0 N–H and O–H groups in total. The number of carbonyl (C=O) groups excluding carboxylic acids is 1. The van der Waals surface area contributed by atoms with E-state index in [0.717, 1.165) is 5.56 Å². The number of cyclic esters (lactones) is 1. The minimum Gasteiger partial charge on any atom is -0.447 e. The van der Waals surface area contributed by atoms with Gasteiger partial charge in [0.15, 0.2) is 0 Å². The molecular formula is C17H15ClN2O2. The Morgan fingerprint density at radius 2 is 1.86 bits per heavy atom. The minimum atomic E-state index is -0.360. The average Bonchev–Trinajstić information content (AvgIpc) is 2.96. The molecular weight excluding hydrogens is 300 g/mol. The van der Waals surface area contributed by atoms with Crippen molar-refractivity contribution in [1.29, 1.82) is 0 Å². The molecule has 0 atom stereocenters. The Labute approximate surface area is 134 Å². The molecule has 22 heavy (non-hydrogen) atoms. The fourth-order valence-corrected chi connectivity index (χ4v) is 2.46. The lowest BCUT2D eigenvalue weighted by molar-refractivity contribution is 0.168. The van der Waals surface area contributed by atoms with Crippen molar-refractivity contribution in [1.82, 2.24) is 4.90 Å². The van der Waals surface area contributed by atoms with Crippen LogP contribution in [0, 0.1) is 0 Å². The summed E-state index contributed by atoms with van der Waals surface area (Å²) in [6, 6.07) is 17.2. The van der Waals surface area contributed by atoms with Crippen LogP contribution in [0.25, 0.3) is 0 Å². The summed E-state index contributed by atoms with van der Waals surface area (Å²) in [5.41, 5.74) is 1.72. The summed E-state index contributed by atoms with van der Waals surface area (Å²) in [5.74, 6) is 0.641. The summed E-state index contributed by atoms with van der Waals surface area (Å²) in [7, 11) is 0. The number of amidine groups is 1. The molecule has 0 unspecified atom stereocenters. The molecule has 4 nitrogen and oxygen atoms in total. The molecule has 1 aliphatic rings. The molecule has 2 aromatic rings. The molecule has 0 aromatic heterocycles. The van der Waals surface area contributed by atoms with Gasteiger partial charge in [0.25, 0.3) is 0 Å². The number of halogens is 1. The van der Waals surface area contributed by atoms with Gasteiger partial charge >= 0.3 is 6.09 Å². The van der Waals surface area contributed by atoms with Crippen molar-refractivity contribution in [3.63, 3.8) is 0 Å². The van der Waals surface area contributed by atoms with Crippen LogP contribution < -0.4 is 0 Å². The number of benzene rings is 2.